The summed E-state index contributed by atoms with van der Waals surface area (Å²) in [7, 11) is 0. The molecule has 1 aromatic heterocycles. The lowest BCUT2D eigenvalue weighted by molar-refractivity contribution is -0.116. The SMILES string of the molecule is Cc1ccc(NC(=O)[C@H](C)Nc2nc(Nc3ccccc3)nc(Nc3ccccc3)n2)cc1C. The molecular formula is C26H27N7O. The van der Waals surface area contributed by atoms with Crippen molar-refractivity contribution in [2.24, 2.45) is 0 Å². The van der Waals surface area contributed by atoms with Gasteiger partial charge in [-0.25, -0.2) is 0 Å². The molecule has 0 radical (unpaired) electrons. The van der Waals surface area contributed by atoms with Gasteiger partial charge in [0.15, 0.2) is 0 Å². The van der Waals surface area contributed by atoms with E-state index in [0.717, 1.165) is 22.6 Å². The summed E-state index contributed by atoms with van der Waals surface area (Å²) in [4.78, 5) is 26.2. The fourth-order valence-corrected chi connectivity index (χ4v) is 3.18. The number of aromatic nitrogens is 3. The molecule has 8 nitrogen and oxygen atoms in total. The fourth-order valence-electron chi connectivity index (χ4n) is 3.18. The van der Waals surface area contributed by atoms with Crippen LogP contribution in [0.5, 0.6) is 0 Å². The molecule has 34 heavy (non-hydrogen) atoms. The smallest absolute Gasteiger partial charge is 0.246 e. The second kappa shape index (κ2) is 10.4. The van der Waals surface area contributed by atoms with Crippen LogP contribution in [0.25, 0.3) is 0 Å². The number of amides is 1. The molecule has 1 atom stereocenters. The molecule has 8 heteroatoms. The fraction of sp³-hybridized carbons (Fsp3) is 0.154. The van der Waals surface area contributed by atoms with Crippen LogP contribution >= 0.6 is 0 Å². The van der Waals surface area contributed by atoms with Crippen molar-refractivity contribution in [3.05, 3.63) is 90.0 Å². The van der Waals surface area contributed by atoms with Gasteiger partial charge in [0, 0.05) is 17.1 Å². The van der Waals surface area contributed by atoms with Crippen LogP contribution in [0.2, 0.25) is 0 Å². The minimum Gasteiger partial charge on any atom is -0.342 e. The first-order valence-electron chi connectivity index (χ1n) is 11.0. The predicted octanol–water partition coefficient (Wildman–Crippen LogP) is 5.41. The Labute approximate surface area is 198 Å². The number of aryl methyl sites for hydroxylation is 2. The molecule has 0 bridgehead atoms. The Bertz CT molecular complexity index is 1200. The van der Waals surface area contributed by atoms with Crippen molar-refractivity contribution in [2.45, 2.75) is 26.8 Å². The normalized spacial score (nSPS) is 11.4. The van der Waals surface area contributed by atoms with Gasteiger partial charge in [0.05, 0.1) is 0 Å². The van der Waals surface area contributed by atoms with Crippen LogP contribution < -0.4 is 21.3 Å². The molecule has 1 amide bonds. The molecule has 3 aromatic carbocycles. The summed E-state index contributed by atoms with van der Waals surface area (Å²) in [5.74, 6) is 0.779. The lowest BCUT2D eigenvalue weighted by Gasteiger charge is -2.16. The van der Waals surface area contributed by atoms with Gasteiger partial charge in [-0.1, -0.05) is 42.5 Å². The lowest BCUT2D eigenvalue weighted by atomic mass is 10.1. The third kappa shape index (κ3) is 6.07. The van der Waals surface area contributed by atoms with Crippen molar-refractivity contribution in [1.82, 2.24) is 15.0 Å². The monoisotopic (exact) mass is 453 g/mol. The van der Waals surface area contributed by atoms with Crippen molar-refractivity contribution in [2.75, 3.05) is 21.3 Å². The van der Waals surface area contributed by atoms with Crippen LogP contribution in [0.15, 0.2) is 78.9 Å². The molecule has 172 valence electrons. The van der Waals surface area contributed by atoms with E-state index in [2.05, 4.69) is 36.2 Å². The van der Waals surface area contributed by atoms with Gasteiger partial charge in [-0.15, -0.1) is 0 Å². The second-order valence-electron chi connectivity index (χ2n) is 7.94. The summed E-state index contributed by atoms with van der Waals surface area (Å²) in [5.41, 5.74) is 4.71. The number of para-hydroxylation sites is 2. The van der Waals surface area contributed by atoms with Crippen molar-refractivity contribution in [3.63, 3.8) is 0 Å². The number of nitrogens with one attached hydrogen (secondary N) is 4. The third-order valence-electron chi connectivity index (χ3n) is 5.21. The van der Waals surface area contributed by atoms with Gasteiger partial charge in [0.25, 0.3) is 0 Å². The zero-order valence-corrected chi connectivity index (χ0v) is 19.3. The molecule has 0 saturated heterocycles. The topological polar surface area (TPSA) is 104 Å². The largest absolute Gasteiger partial charge is 0.342 e. The van der Waals surface area contributed by atoms with E-state index in [0.29, 0.717) is 11.9 Å². The minimum absolute atomic E-state index is 0.196. The molecule has 0 unspecified atom stereocenters. The van der Waals surface area contributed by atoms with Crippen LogP contribution in [-0.4, -0.2) is 26.9 Å². The summed E-state index contributed by atoms with van der Waals surface area (Å²) >= 11 is 0. The predicted molar refractivity (Wildman–Crippen MR) is 137 cm³/mol. The van der Waals surface area contributed by atoms with E-state index >= 15 is 0 Å². The van der Waals surface area contributed by atoms with Crippen molar-refractivity contribution in [3.8, 4) is 0 Å². The first kappa shape index (κ1) is 22.7. The molecule has 0 fully saturated rings. The Morgan fingerprint density at radius 1 is 0.676 bits per heavy atom. The molecule has 4 rings (SSSR count). The third-order valence-corrected chi connectivity index (χ3v) is 5.21. The van der Waals surface area contributed by atoms with Gasteiger partial charge in [-0.2, -0.15) is 15.0 Å². The van der Waals surface area contributed by atoms with E-state index in [4.69, 9.17) is 0 Å². The Balaban J connectivity index is 1.53. The van der Waals surface area contributed by atoms with Gasteiger partial charge < -0.3 is 21.3 Å². The Kier molecular flexibility index (Phi) is 6.98. The molecule has 1 heterocycles. The van der Waals surface area contributed by atoms with E-state index in [1.807, 2.05) is 92.7 Å². The number of benzene rings is 3. The molecule has 0 aliphatic rings. The van der Waals surface area contributed by atoms with Gasteiger partial charge in [0.2, 0.25) is 23.8 Å². The first-order valence-corrected chi connectivity index (χ1v) is 11.0. The van der Waals surface area contributed by atoms with E-state index in [1.54, 1.807) is 6.92 Å². The molecule has 0 aliphatic carbocycles. The quantitative estimate of drug-likeness (QED) is 0.283. The highest BCUT2D eigenvalue weighted by atomic mass is 16.2. The maximum atomic E-state index is 12.8. The summed E-state index contributed by atoms with van der Waals surface area (Å²) in [6.07, 6.45) is 0. The zero-order chi connectivity index (χ0) is 23.9. The standard InChI is InChI=1S/C26H27N7O/c1-17-14-15-22(16-18(17)2)28-23(34)19(3)27-24-31-25(29-20-10-6-4-7-11-20)33-26(32-24)30-21-12-8-5-9-13-21/h4-16,19H,1-3H3,(H,28,34)(H3,27,29,30,31,32,33)/t19-/m0/s1. The number of hydrogen-bond acceptors (Lipinski definition) is 7. The van der Waals surface area contributed by atoms with Gasteiger partial charge >= 0.3 is 0 Å². The number of nitrogens with zero attached hydrogens (tertiary/aromatic N) is 3. The molecule has 0 saturated carbocycles. The molecule has 4 N–H and O–H groups in total. The minimum atomic E-state index is -0.585. The van der Waals surface area contributed by atoms with Crippen LogP contribution in [0.1, 0.15) is 18.1 Å². The summed E-state index contributed by atoms with van der Waals surface area (Å²) in [6.45, 7) is 5.81. The van der Waals surface area contributed by atoms with E-state index in [9.17, 15) is 4.79 Å². The average Bonchev–Trinajstić information content (AvgIpc) is 2.82. The number of carbonyl (C=O) groups excluding carboxylic acids is 1. The van der Waals surface area contributed by atoms with Crippen LogP contribution in [-0.2, 0) is 4.79 Å². The molecular weight excluding hydrogens is 426 g/mol. The van der Waals surface area contributed by atoms with Crippen molar-refractivity contribution >= 4 is 40.8 Å². The van der Waals surface area contributed by atoms with Crippen LogP contribution in [0.4, 0.5) is 34.9 Å². The summed E-state index contributed by atoms with van der Waals surface area (Å²) in [6, 6.07) is 24.5. The highest BCUT2D eigenvalue weighted by Gasteiger charge is 2.16. The lowest BCUT2D eigenvalue weighted by Crippen LogP contribution is -2.32. The van der Waals surface area contributed by atoms with Crippen LogP contribution in [0, 0.1) is 13.8 Å². The van der Waals surface area contributed by atoms with E-state index in [-0.39, 0.29) is 11.9 Å². The van der Waals surface area contributed by atoms with Gasteiger partial charge in [-0.05, 0) is 68.3 Å². The first-order chi connectivity index (χ1) is 16.5. The van der Waals surface area contributed by atoms with Crippen LogP contribution in [0.3, 0.4) is 0 Å². The van der Waals surface area contributed by atoms with E-state index < -0.39 is 6.04 Å². The number of anilines is 6. The molecule has 4 aromatic rings. The molecule has 0 spiro atoms. The average molecular weight is 454 g/mol. The maximum Gasteiger partial charge on any atom is 0.246 e. The number of carbonyl (C=O) groups is 1. The Morgan fingerprint density at radius 2 is 1.21 bits per heavy atom. The number of hydrogen-bond donors (Lipinski definition) is 4. The highest BCUT2D eigenvalue weighted by Crippen LogP contribution is 2.19. The highest BCUT2D eigenvalue weighted by molar-refractivity contribution is 5.96. The van der Waals surface area contributed by atoms with Gasteiger partial charge in [0.1, 0.15) is 6.04 Å². The van der Waals surface area contributed by atoms with E-state index in [1.165, 1.54) is 5.56 Å². The van der Waals surface area contributed by atoms with Gasteiger partial charge in [-0.3, -0.25) is 4.79 Å². The zero-order valence-electron chi connectivity index (χ0n) is 19.3. The Morgan fingerprint density at radius 3 is 1.74 bits per heavy atom. The maximum absolute atomic E-state index is 12.8. The second-order valence-corrected chi connectivity index (χ2v) is 7.94. The van der Waals surface area contributed by atoms with Crippen molar-refractivity contribution < 1.29 is 4.79 Å². The summed E-state index contributed by atoms with van der Waals surface area (Å²) < 4.78 is 0. The summed E-state index contributed by atoms with van der Waals surface area (Å²) in [5, 5.41) is 12.4. The number of rotatable bonds is 8. The molecule has 0 aliphatic heterocycles. The Hall–Kier alpha value is -4.46. The van der Waals surface area contributed by atoms with Crippen molar-refractivity contribution in [1.29, 1.82) is 0 Å².